The van der Waals surface area contributed by atoms with Gasteiger partial charge in [0.05, 0.1) is 0 Å². The summed E-state index contributed by atoms with van der Waals surface area (Å²) in [6.45, 7) is 0. The minimum absolute atomic E-state index is 0.841. The Hall–Kier alpha value is -2.86. The van der Waals surface area contributed by atoms with Crippen molar-refractivity contribution >= 4 is 73.4 Å². The molecule has 0 aliphatic rings. The number of halogens is 2. The quantitative estimate of drug-likeness (QED) is 0.140. The second kappa shape index (κ2) is 11.1. The molecule has 204 valence electrons. The molecule has 4 heteroatoms. The van der Waals surface area contributed by atoms with Gasteiger partial charge in [-0.05, 0) is 0 Å². The van der Waals surface area contributed by atoms with Crippen LogP contribution < -0.4 is 31.8 Å². The van der Waals surface area contributed by atoms with Crippen LogP contribution in [-0.2, 0) is 0 Å². The summed E-state index contributed by atoms with van der Waals surface area (Å²) in [6, 6.07) is 66.7. The third kappa shape index (κ3) is 4.48. The van der Waals surface area contributed by atoms with E-state index in [1.807, 2.05) is 0 Å². The molecule has 0 aliphatic carbocycles. The van der Waals surface area contributed by atoms with Crippen LogP contribution in [0, 0.1) is 0 Å². The van der Waals surface area contributed by atoms with Gasteiger partial charge < -0.3 is 0 Å². The molecule has 0 N–H and O–H groups in total. The van der Waals surface area contributed by atoms with E-state index in [1.165, 1.54) is 31.8 Å². The standard InChI is InChI=1S/C37H32Br2P2/c38-40(32-19-7-1-8-20-32,33-21-9-2-10-22-33,34-23-11-3-12-24-34)31-41(39,35-25-13-4-14-26-35,36-27-15-5-16-28-36)37-29-17-6-18-30-37/h1-30H,31H2. The first-order valence-electron chi connectivity index (χ1n) is 13.8. The molecule has 0 unspecified atom stereocenters. The summed E-state index contributed by atoms with van der Waals surface area (Å²) in [5.41, 5.74) is 0. The Bertz CT molecular complexity index is 1400. The number of benzene rings is 6. The maximum absolute atomic E-state index is 4.81. The first kappa shape index (κ1) is 28.3. The van der Waals surface area contributed by atoms with Crippen LogP contribution in [-0.4, -0.2) is 5.90 Å². The summed E-state index contributed by atoms with van der Waals surface area (Å²) >= 11 is 9.63. The van der Waals surface area contributed by atoms with Gasteiger partial charge >= 0.3 is 261 Å². The van der Waals surface area contributed by atoms with Crippen molar-refractivity contribution in [2.75, 3.05) is 5.90 Å². The monoisotopic (exact) mass is 696 g/mol. The fourth-order valence-electron chi connectivity index (χ4n) is 6.32. The normalized spacial score (nSPS) is 13.8. The molecule has 0 radical (unpaired) electrons. The molecule has 0 spiro atoms. The van der Waals surface area contributed by atoms with Gasteiger partial charge in [0.1, 0.15) is 0 Å². The van der Waals surface area contributed by atoms with Crippen molar-refractivity contribution in [2.45, 2.75) is 0 Å². The first-order valence-corrected chi connectivity index (χ1v) is 22.7. The fourth-order valence-corrected chi connectivity index (χ4v) is 35.8. The van der Waals surface area contributed by atoms with Crippen molar-refractivity contribution in [3.05, 3.63) is 182 Å². The number of hydrogen-bond donors (Lipinski definition) is 0. The van der Waals surface area contributed by atoms with Crippen molar-refractivity contribution in [3.63, 3.8) is 0 Å². The van der Waals surface area contributed by atoms with Gasteiger partial charge in [-0.15, -0.1) is 0 Å². The van der Waals surface area contributed by atoms with Crippen LogP contribution in [0.1, 0.15) is 0 Å². The molecule has 6 aromatic rings. The van der Waals surface area contributed by atoms with Crippen molar-refractivity contribution in [2.24, 2.45) is 0 Å². The third-order valence-electron chi connectivity index (χ3n) is 8.30. The first-order chi connectivity index (χ1) is 20.0. The van der Waals surface area contributed by atoms with Crippen molar-refractivity contribution < 1.29 is 0 Å². The van der Waals surface area contributed by atoms with Crippen LogP contribution in [0.15, 0.2) is 182 Å². The molecule has 0 aromatic heterocycles. The molecule has 6 aromatic carbocycles. The zero-order chi connectivity index (χ0) is 28.3. The summed E-state index contributed by atoms with van der Waals surface area (Å²) in [6.07, 6.45) is 0. The summed E-state index contributed by atoms with van der Waals surface area (Å²) in [7, 11) is 0. The van der Waals surface area contributed by atoms with Gasteiger partial charge in [0, 0.05) is 0 Å². The average Bonchev–Trinajstić information content (AvgIpc) is 3.07. The Labute approximate surface area is 259 Å². The van der Waals surface area contributed by atoms with E-state index >= 15 is 0 Å². The van der Waals surface area contributed by atoms with Gasteiger partial charge in [-0.25, -0.2) is 0 Å². The summed E-state index contributed by atoms with van der Waals surface area (Å²) in [5, 5.41) is 1.08. The van der Waals surface area contributed by atoms with E-state index in [1.54, 1.807) is 0 Å². The van der Waals surface area contributed by atoms with Crippen LogP contribution in [0.4, 0.5) is 0 Å². The van der Waals surface area contributed by atoms with Crippen molar-refractivity contribution in [1.29, 1.82) is 0 Å². The summed E-state index contributed by atoms with van der Waals surface area (Å²) in [5.74, 6) is 0.841. The Balaban J connectivity index is 1.86. The Kier molecular flexibility index (Phi) is 7.65. The van der Waals surface area contributed by atoms with Crippen LogP contribution in [0.25, 0.3) is 0 Å². The predicted molar refractivity (Wildman–Crippen MR) is 193 cm³/mol. The Morgan fingerprint density at radius 1 is 0.268 bits per heavy atom. The molecule has 0 saturated heterocycles. The van der Waals surface area contributed by atoms with Crippen molar-refractivity contribution in [1.82, 2.24) is 0 Å². The van der Waals surface area contributed by atoms with Crippen LogP contribution >= 0.6 is 41.6 Å². The van der Waals surface area contributed by atoms with Gasteiger partial charge in [0.25, 0.3) is 0 Å². The number of hydrogen-bond acceptors (Lipinski definition) is 0. The van der Waals surface area contributed by atoms with Gasteiger partial charge in [0.15, 0.2) is 0 Å². The Morgan fingerprint density at radius 2 is 0.415 bits per heavy atom. The molecule has 0 heterocycles. The molecule has 6 rings (SSSR count). The average molecular weight is 698 g/mol. The molecule has 0 amide bonds. The minimum atomic E-state index is -3.39. The molecule has 41 heavy (non-hydrogen) atoms. The zero-order valence-electron chi connectivity index (χ0n) is 22.7. The van der Waals surface area contributed by atoms with E-state index in [0.29, 0.717) is 0 Å². The van der Waals surface area contributed by atoms with Crippen LogP contribution in [0.5, 0.6) is 0 Å². The SMILES string of the molecule is BrP(CP(Br)(c1ccccc1)(c1ccccc1)c1ccccc1)(c1ccccc1)(c1ccccc1)c1ccccc1. The summed E-state index contributed by atoms with van der Waals surface area (Å²) < 4.78 is 0. The van der Waals surface area contributed by atoms with Gasteiger partial charge in [-0.1, -0.05) is 0 Å². The van der Waals surface area contributed by atoms with E-state index in [0.717, 1.165) is 5.90 Å². The zero-order valence-corrected chi connectivity index (χ0v) is 27.6. The van der Waals surface area contributed by atoms with E-state index < -0.39 is 10.6 Å². The summed E-state index contributed by atoms with van der Waals surface area (Å²) in [4.78, 5) is 0. The molecule has 0 nitrogen and oxygen atoms in total. The van der Waals surface area contributed by atoms with Crippen LogP contribution in [0.2, 0.25) is 0 Å². The van der Waals surface area contributed by atoms with E-state index in [2.05, 4.69) is 182 Å². The fraction of sp³-hybridized carbons (Fsp3) is 0.0270. The van der Waals surface area contributed by atoms with Gasteiger partial charge in [-0.3, -0.25) is 0 Å². The molecule has 0 fully saturated rings. The maximum atomic E-state index is 4.81. The van der Waals surface area contributed by atoms with E-state index in [-0.39, 0.29) is 0 Å². The van der Waals surface area contributed by atoms with E-state index in [4.69, 9.17) is 31.0 Å². The number of rotatable bonds is 8. The second-order valence-electron chi connectivity index (χ2n) is 10.5. The van der Waals surface area contributed by atoms with E-state index in [9.17, 15) is 0 Å². The molecule has 0 atom stereocenters. The van der Waals surface area contributed by atoms with Crippen LogP contribution in [0.3, 0.4) is 0 Å². The Morgan fingerprint density at radius 3 is 0.561 bits per heavy atom. The van der Waals surface area contributed by atoms with Gasteiger partial charge in [-0.2, -0.15) is 0 Å². The molecule has 0 aliphatic heterocycles. The second-order valence-corrected chi connectivity index (χ2v) is 28.9. The van der Waals surface area contributed by atoms with Crippen molar-refractivity contribution in [3.8, 4) is 0 Å². The predicted octanol–water partition coefficient (Wildman–Crippen LogP) is 8.62. The third-order valence-corrected chi connectivity index (χ3v) is 32.2. The molecule has 0 bridgehead atoms. The molecule has 0 saturated carbocycles. The molecular weight excluding hydrogens is 666 g/mol. The topological polar surface area (TPSA) is 0 Å². The van der Waals surface area contributed by atoms with Gasteiger partial charge in [0.2, 0.25) is 0 Å². The molecular formula is C37H32Br2P2.